The molecular weight excluding hydrogens is 242 g/mol. The van der Waals surface area contributed by atoms with Crippen molar-refractivity contribution in [2.45, 2.75) is 59.0 Å². The lowest BCUT2D eigenvalue weighted by Crippen LogP contribution is -2.37. The summed E-state index contributed by atoms with van der Waals surface area (Å²) in [6.45, 7) is 6.07. The summed E-state index contributed by atoms with van der Waals surface area (Å²) >= 11 is 0. The molecule has 0 saturated carbocycles. The highest BCUT2D eigenvalue weighted by Crippen LogP contribution is 1.98. The van der Waals surface area contributed by atoms with Gasteiger partial charge in [0.15, 0.2) is 0 Å². The molecule has 5 heteroatoms. The van der Waals surface area contributed by atoms with Crippen LogP contribution in [0.25, 0.3) is 0 Å². The van der Waals surface area contributed by atoms with Crippen molar-refractivity contribution in [1.82, 2.24) is 14.9 Å². The third kappa shape index (κ3) is 5.24. The Hall–Kier alpha value is -1.65. The number of rotatable bonds is 7. The molecule has 0 saturated heterocycles. The topological polar surface area (TPSA) is 64.0 Å². The van der Waals surface area contributed by atoms with E-state index < -0.39 is 0 Å². The zero-order chi connectivity index (χ0) is 14.3. The van der Waals surface area contributed by atoms with E-state index in [4.69, 9.17) is 0 Å². The molecule has 0 fully saturated rings. The Morgan fingerprint density at radius 1 is 1.47 bits per heavy atom. The molecule has 0 spiro atoms. The van der Waals surface area contributed by atoms with Crippen LogP contribution >= 0.6 is 0 Å². The Morgan fingerprint density at radius 2 is 2.21 bits per heavy atom. The minimum Gasteiger partial charge on any atom is -0.352 e. The highest BCUT2D eigenvalue weighted by Gasteiger charge is 2.08. The molecule has 1 rings (SSSR count). The van der Waals surface area contributed by atoms with Gasteiger partial charge in [0.1, 0.15) is 6.54 Å². The SMILES string of the molecule is CCCCc1cc(=O)n(CC(=O)NC(C)CC)cn1. The minimum atomic E-state index is -0.166. The smallest absolute Gasteiger partial charge is 0.253 e. The Morgan fingerprint density at radius 3 is 2.79 bits per heavy atom. The normalized spacial score (nSPS) is 12.2. The first-order chi connectivity index (χ1) is 9.06. The molecule has 1 aromatic rings. The molecule has 1 unspecified atom stereocenters. The molecule has 1 N–H and O–H groups in total. The zero-order valence-corrected chi connectivity index (χ0v) is 12.0. The van der Waals surface area contributed by atoms with Crippen molar-refractivity contribution >= 4 is 5.91 Å². The van der Waals surface area contributed by atoms with Crippen molar-refractivity contribution in [2.75, 3.05) is 0 Å². The minimum absolute atomic E-state index is 0.0320. The van der Waals surface area contributed by atoms with Gasteiger partial charge in [-0.05, 0) is 26.2 Å². The predicted molar refractivity (Wildman–Crippen MR) is 75.0 cm³/mol. The lowest BCUT2D eigenvalue weighted by Gasteiger charge is -2.12. The largest absolute Gasteiger partial charge is 0.352 e. The van der Waals surface area contributed by atoms with Crippen molar-refractivity contribution in [2.24, 2.45) is 0 Å². The van der Waals surface area contributed by atoms with Crippen LogP contribution in [0, 0.1) is 0 Å². The van der Waals surface area contributed by atoms with Crippen LogP contribution in [-0.2, 0) is 17.8 Å². The van der Waals surface area contributed by atoms with Gasteiger partial charge >= 0.3 is 0 Å². The fourth-order valence-corrected chi connectivity index (χ4v) is 1.65. The Kier molecular flexibility index (Phi) is 6.25. The number of aromatic nitrogens is 2. The Balaban J connectivity index is 2.64. The summed E-state index contributed by atoms with van der Waals surface area (Å²) in [6, 6.07) is 1.65. The number of amides is 1. The van der Waals surface area contributed by atoms with E-state index in [1.165, 1.54) is 17.0 Å². The summed E-state index contributed by atoms with van der Waals surface area (Å²) in [4.78, 5) is 27.7. The number of aryl methyl sites for hydroxylation is 1. The number of hydrogen-bond acceptors (Lipinski definition) is 3. The maximum atomic E-state index is 11.8. The first-order valence-corrected chi connectivity index (χ1v) is 6.91. The van der Waals surface area contributed by atoms with Gasteiger partial charge in [0.25, 0.3) is 5.56 Å². The first kappa shape index (κ1) is 15.4. The molecule has 0 aromatic carbocycles. The van der Waals surface area contributed by atoms with Gasteiger partial charge in [0.05, 0.1) is 6.33 Å². The fourth-order valence-electron chi connectivity index (χ4n) is 1.65. The number of nitrogens with zero attached hydrogens (tertiary/aromatic N) is 2. The second kappa shape index (κ2) is 7.71. The van der Waals surface area contributed by atoms with E-state index >= 15 is 0 Å². The van der Waals surface area contributed by atoms with E-state index in [0.717, 1.165) is 31.4 Å². The van der Waals surface area contributed by atoms with Crippen LogP contribution < -0.4 is 10.9 Å². The second-order valence-corrected chi connectivity index (χ2v) is 4.83. The average molecular weight is 265 g/mol. The standard InChI is InChI=1S/C14H23N3O2/c1-4-6-7-12-8-14(19)17(10-15-12)9-13(18)16-11(3)5-2/h8,10-11H,4-7,9H2,1-3H3,(H,16,18). The van der Waals surface area contributed by atoms with E-state index in [9.17, 15) is 9.59 Å². The van der Waals surface area contributed by atoms with Crippen molar-refractivity contribution in [3.8, 4) is 0 Å². The van der Waals surface area contributed by atoms with Crippen molar-refractivity contribution in [1.29, 1.82) is 0 Å². The van der Waals surface area contributed by atoms with Crippen LogP contribution in [0.2, 0.25) is 0 Å². The summed E-state index contributed by atoms with van der Waals surface area (Å²) in [7, 11) is 0. The maximum Gasteiger partial charge on any atom is 0.253 e. The molecular formula is C14H23N3O2. The highest BCUT2D eigenvalue weighted by atomic mass is 16.2. The van der Waals surface area contributed by atoms with Crippen LogP contribution in [-0.4, -0.2) is 21.5 Å². The van der Waals surface area contributed by atoms with Gasteiger partial charge in [-0.25, -0.2) is 4.98 Å². The lowest BCUT2D eigenvalue weighted by molar-refractivity contribution is -0.122. The van der Waals surface area contributed by atoms with Crippen molar-refractivity contribution in [3.63, 3.8) is 0 Å². The van der Waals surface area contributed by atoms with Crippen LogP contribution in [0.15, 0.2) is 17.2 Å². The number of unbranched alkanes of at least 4 members (excludes halogenated alkanes) is 1. The molecule has 106 valence electrons. The Labute approximate surface area is 114 Å². The summed E-state index contributed by atoms with van der Waals surface area (Å²) in [6.07, 6.45) is 5.23. The fraction of sp³-hybridized carbons (Fsp3) is 0.643. The number of carbonyl (C=O) groups is 1. The average Bonchev–Trinajstić information content (AvgIpc) is 2.39. The molecule has 0 aliphatic rings. The van der Waals surface area contributed by atoms with E-state index in [1.807, 2.05) is 13.8 Å². The van der Waals surface area contributed by atoms with Crippen molar-refractivity contribution in [3.05, 3.63) is 28.4 Å². The molecule has 5 nitrogen and oxygen atoms in total. The molecule has 0 aliphatic carbocycles. The van der Waals surface area contributed by atoms with E-state index in [-0.39, 0.29) is 24.1 Å². The number of carbonyl (C=O) groups excluding carboxylic acids is 1. The third-order valence-electron chi connectivity index (χ3n) is 3.06. The van der Waals surface area contributed by atoms with Gasteiger partial charge in [-0.2, -0.15) is 0 Å². The molecule has 1 heterocycles. The first-order valence-electron chi connectivity index (χ1n) is 6.91. The maximum absolute atomic E-state index is 11.8. The van der Waals surface area contributed by atoms with Gasteiger partial charge in [-0.15, -0.1) is 0 Å². The molecule has 0 radical (unpaired) electrons. The highest BCUT2D eigenvalue weighted by molar-refractivity contribution is 5.75. The van der Waals surface area contributed by atoms with E-state index in [1.54, 1.807) is 0 Å². The predicted octanol–water partition coefficient (Wildman–Crippen LogP) is 1.50. The summed E-state index contributed by atoms with van der Waals surface area (Å²) in [5, 5.41) is 2.83. The molecule has 1 atom stereocenters. The molecule has 1 amide bonds. The molecule has 0 bridgehead atoms. The van der Waals surface area contributed by atoms with Gasteiger partial charge in [-0.3, -0.25) is 14.2 Å². The van der Waals surface area contributed by atoms with Gasteiger partial charge in [0.2, 0.25) is 5.91 Å². The van der Waals surface area contributed by atoms with E-state index in [2.05, 4.69) is 17.2 Å². The monoisotopic (exact) mass is 265 g/mol. The zero-order valence-electron chi connectivity index (χ0n) is 12.0. The molecule has 1 aromatic heterocycles. The quantitative estimate of drug-likeness (QED) is 0.812. The van der Waals surface area contributed by atoms with Gasteiger partial charge in [0, 0.05) is 17.8 Å². The second-order valence-electron chi connectivity index (χ2n) is 4.83. The van der Waals surface area contributed by atoms with Crippen LogP contribution in [0.4, 0.5) is 0 Å². The molecule has 19 heavy (non-hydrogen) atoms. The molecule has 0 aliphatic heterocycles. The number of nitrogens with one attached hydrogen (secondary N) is 1. The third-order valence-corrected chi connectivity index (χ3v) is 3.06. The summed E-state index contributed by atoms with van der Waals surface area (Å²) in [5.41, 5.74) is 0.630. The van der Waals surface area contributed by atoms with Crippen LogP contribution in [0.5, 0.6) is 0 Å². The summed E-state index contributed by atoms with van der Waals surface area (Å²) < 4.78 is 1.34. The lowest BCUT2D eigenvalue weighted by atomic mass is 10.2. The van der Waals surface area contributed by atoms with Crippen molar-refractivity contribution < 1.29 is 4.79 Å². The number of hydrogen-bond donors (Lipinski definition) is 1. The van der Waals surface area contributed by atoms with Gasteiger partial charge in [-0.1, -0.05) is 20.3 Å². The van der Waals surface area contributed by atoms with Crippen LogP contribution in [0.3, 0.4) is 0 Å². The van der Waals surface area contributed by atoms with Gasteiger partial charge < -0.3 is 5.32 Å². The van der Waals surface area contributed by atoms with E-state index in [0.29, 0.717) is 0 Å². The summed E-state index contributed by atoms with van der Waals surface area (Å²) in [5.74, 6) is -0.153. The Bertz CT molecular complexity index is 468. The van der Waals surface area contributed by atoms with Crippen LogP contribution in [0.1, 0.15) is 45.7 Å².